The van der Waals surface area contributed by atoms with Crippen molar-refractivity contribution in [3.63, 3.8) is 0 Å². The molecule has 10 heteroatoms. The van der Waals surface area contributed by atoms with Crippen molar-refractivity contribution in [3.05, 3.63) is 124 Å². The Labute approximate surface area is 313 Å². The van der Waals surface area contributed by atoms with Crippen molar-refractivity contribution in [3.8, 4) is 11.3 Å². The Morgan fingerprint density at radius 1 is 0.830 bits per heavy atom. The number of carbonyl (C=O) groups is 2. The van der Waals surface area contributed by atoms with Gasteiger partial charge in [0, 0.05) is 22.3 Å². The maximum absolute atomic E-state index is 13.4. The number of aryl methyl sites for hydroxylation is 2. The van der Waals surface area contributed by atoms with Gasteiger partial charge in [-0.05, 0) is 124 Å². The molecule has 3 N–H and O–H groups in total. The van der Waals surface area contributed by atoms with Crippen LogP contribution in [0.5, 0.6) is 0 Å². The van der Waals surface area contributed by atoms with E-state index >= 15 is 0 Å². The van der Waals surface area contributed by atoms with E-state index in [-0.39, 0.29) is 24.5 Å². The topological polar surface area (TPSA) is 127 Å². The van der Waals surface area contributed by atoms with Crippen LogP contribution in [0.3, 0.4) is 0 Å². The lowest BCUT2D eigenvalue weighted by molar-refractivity contribution is -0.148. The fourth-order valence-electron chi connectivity index (χ4n) is 6.79. The van der Waals surface area contributed by atoms with Gasteiger partial charge in [0.05, 0.1) is 24.7 Å². The van der Waals surface area contributed by atoms with Crippen molar-refractivity contribution in [2.45, 2.75) is 65.9 Å². The molecule has 0 bridgehead atoms. The SMILES string of the molecule is CCOC(=O)C(C)Cc1ccc2[nH]c(-c3cc(C)cc(C)c3)c(CCNCCCC(C(=O)OCc3ccccc3)c3ccc(NS(C)(=O)=O)cc3)c2c1. The molecular weight excluding hydrogens is 687 g/mol. The second kappa shape index (κ2) is 18.2. The molecule has 0 saturated carbocycles. The Hall–Kier alpha value is -4.93. The van der Waals surface area contributed by atoms with E-state index in [0.717, 1.165) is 64.5 Å². The van der Waals surface area contributed by atoms with Crippen LogP contribution in [0.15, 0.2) is 91.0 Å². The van der Waals surface area contributed by atoms with Gasteiger partial charge in [0.25, 0.3) is 0 Å². The van der Waals surface area contributed by atoms with Gasteiger partial charge in [0.1, 0.15) is 6.61 Å². The summed E-state index contributed by atoms with van der Waals surface area (Å²) < 4.78 is 36.9. The summed E-state index contributed by atoms with van der Waals surface area (Å²) in [5.74, 6) is -1.25. The predicted octanol–water partition coefficient (Wildman–Crippen LogP) is 8.00. The van der Waals surface area contributed by atoms with Gasteiger partial charge in [-0.3, -0.25) is 14.3 Å². The van der Waals surface area contributed by atoms with Crippen LogP contribution >= 0.6 is 0 Å². The number of aromatic amines is 1. The van der Waals surface area contributed by atoms with E-state index in [0.29, 0.717) is 31.7 Å². The maximum atomic E-state index is 13.4. The molecule has 0 aliphatic carbocycles. The summed E-state index contributed by atoms with van der Waals surface area (Å²) in [7, 11) is -3.42. The van der Waals surface area contributed by atoms with E-state index in [1.165, 1.54) is 16.7 Å². The van der Waals surface area contributed by atoms with E-state index in [4.69, 9.17) is 9.47 Å². The lowest BCUT2D eigenvalue weighted by Crippen LogP contribution is -2.21. The molecule has 0 aliphatic heterocycles. The molecule has 0 spiro atoms. The number of nitrogens with one attached hydrogen (secondary N) is 3. The van der Waals surface area contributed by atoms with Crippen LogP contribution in [0.25, 0.3) is 22.2 Å². The number of anilines is 1. The highest BCUT2D eigenvalue weighted by atomic mass is 32.2. The molecule has 4 aromatic carbocycles. The van der Waals surface area contributed by atoms with Gasteiger partial charge >= 0.3 is 11.9 Å². The number of hydrogen-bond donors (Lipinski definition) is 3. The number of aromatic nitrogens is 1. The molecular formula is C43H51N3O6S. The van der Waals surface area contributed by atoms with Crippen LogP contribution in [-0.2, 0) is 48.5 Å². The lowest BCUT2D eigenvalue weighted by atomic mass is 9.94. The minimum Gasteiger partial charge on any atom is -0.466 e. The first-order valence-electron chi connectivity index (χ1n) is 18.3. The lowest BCUT2D eigenvalue weighted by Gasteiger charge is -2.17. The van der Waals surface area contributed by atoms with E-state index in [1.54, 1.807) is 24.3 Å². The molecule has 0 fully saturated rings. The summed E-state index contributed by atoms with van der Waals surface area (Å²) in [5.41, 5.74) is 10.1. The van der Waals surface area contributed by atoms with Gasteiger partial charge in [0.15, 0.2) is 0 Å². The van der Waals surface area contributed by atoms with Crippen LogP contribution in [0.1, 0.15) is 66.0 Å². The summed E-state index contributed by atoms with van der Waals surface area (Å²) in [5, 5.41) is 4.74. The Morgan fingerprint density at radius 2 is 1.55 bits per heavy atom. The number of H-pyrrole nitrogens is 1. The van der Waals surface area contributed by atoms with Crippen LogP contribution in [0.2, 0.25) is 0 Å². The Bertz CT molecular complexity index is 2090. The smallest absolute Gasteiger partial charge is 0.313 e. The molecule has 5 aromatic rings. The molecule has 0 aliphatic rings. The van der Waals surface area contributed by atoms with Gasteiger partial charge in [0.2, 0.25) is 10.0 Å². The number of hydrogen-bond acceptors (Lipinski definition) is 7. The zero-order chi connectivity index (χ0) is 38.0. The third kappa shape index (κ3) is 11.3. The van der Waals surface area contributed by atoms with Crippen molar-refractivity contribution in [1.82, 2.24) is 10.3 Å². The molecule has 0 saturated heterocycles. The van der Waals surface area contributed by atoms with E-state index < -0.39 is 15.9 Å². The van der Waals surface area contributed by atoms with Gasteiger partial charge < -0.3 is 19.8 Å². The second-order valence-corrected chi connectivity index (χ2v) is 15.6. The predicted molar refractivity (Wildman–Crippen MR) is 212 cm³/mol. The van der Waals surface area contributed by atoms with Crippen LogP contribution in [0, 0.1) is 19.8 Å². The zero-order valence-corrected chi connectivity index (χ0v) is 32.1. The normalized spacial score (nSPS) is 12.7. The van der Waals surface area contributed by atoms with E-state index in [1.807, 2.05) is 44.2 Å². The average molecular weight is 738 g/mol. The number of fused-ring (bicyclic) bond motifs is 1. The van der Waals surface area contributed by atoms with Gasteiger partial charge in [-0.1, -0.05) is 72.6 Å². The Balaban J connectivity index is 1.28. The van der Waals surface area contributed by atoms with Crippen LogP contribution in [0.4, 0.5) is 5.69 Å². The fraction of sp³-hybridized carbons (Fsp3) is 0.349. The monoisotopic (exact) mass is 737 g/mol. The van der Waals surface area contributed by atoms with Gasteiger partial charge in [-0.15, -0.1) is 0 Å². The number of sulfonamides is 1. The molecule has 1 aromatic heterocycles. The number of ether oxygens (including phenoxy) is 2. The largest absolute Gasteiger partial charge is 0.466 e. The van der Waals surface area contributed by atoms with Crippen LogP contribution < -0.4 is 10.0 Å². The molecule has 0 radical (unpaired) electrons. The standard InChI is InChI=1S/C43H51N3O6S/c1-6-51-42(47)31(4)26-33-14-19-40-39(27-33)38(41(45-40)35-24-29(2)23-30(3)25-35)20-22-44-21-10-13-37(43(48)52-28-32-11-8-7-9-12-32)34-15-17-36(18-16-34)46-53(5,49)50/h7-9,11-12,14-19,23-25,27,31,37,44-46H,6,10,13,20-22,26,28H2,1-5H3. The maximum Gasteiger partial charge on any atom is 0.313 e. The first kappa shape index (κ1) is 39.3. The number of rotatable bonds is 18. The van der Waals surface area contributed by atoms with E-state index in [9.17, 15) is 18.0 Å². The minimum atomic E-state index is -3.42. The molecule has 5 rings (SSSR count). The summed E-state index contributed by atoms with van der Waals surface area (Å²) in [6, 6.07) is 29.5. The highest BCUT2D eigenvalue weighted by molar-refractivity contribution is 7.92. The summed E-state index contributed by atoms with van der Waals surface area (Å²) in [6.07, 6.45) is 3.76. The first-order chi connectivity index (χ1) is 25.4. The molecule has 2 unspecified atom stereocenters. The molecule has 1 heterocycles. The van der Waals surface area contributed by atoms with Crippen molar-refractivity contribution in [1.29, 1.82) is 0 Å². The van der Waals surface area contributed by atoms with Crippen molar-refractivity contribution in [2.75, 3.05) is 30.7 Å². The highest BCUT2D eigenvalue weighted by Gasteiger charge is 2.23. The first-order valence-corrected chi connectivity index (χ1v) is 20.2. The summed E-state index contributed by atoms with van der Waals surface area (Å²) >= 11 is 0. The van der Waals surface area contributed by atoms with E-state index in [2.05, 4.69) is 65.3 Å². The second-order valence-electron chi connectivity index (χ2n) is 13.9. The molecule has 53 heavy (non-hydrogen) atoms. The molecule has 9 nitrogen and oxygen atoms in total. The Kier molecular flexibility index (Phi) is 13.5. The van der Waals surface area contributed by atoms with Crippen molar-refractivity contribution in [2.24, 2.45) is 5.92 Å². The summed E-state index contributed by atoms with van der Waals surface area (Å²) in [4.78, 5) is 29.5. The third-order valence-corrected chi connectivity index (χ3v) is 9.84. The number of carbonyl (C=O) groups excluding carboxylic acids is 2. The number of esters is 2. The molecule has 2 atom stereocenters. The zero-order valence-electron chi connectivity index (χ0n) is 31.3. The molecule has 280 valence electrons. The average Bonchev–Trinajstić information content (AvgIpc) is 3.48. The molecule has 0 amide bonds. The van der Waals surface area contributed by atoms with Gasteiger partial charge in [-0.25, -0.2) is 8.42 Å². The minimum absolute atomic E-state index is 0.180. The van der Waals surface area contributed by atoms with Crippen LogP contribution in [-0.4, -0.2) is 51.3 Å². The third-order valence-electron chi connectivity index (χ3n) is 9.23. The van der Waals surface area contributed by atoms with Crippen molar-refractivity contribution < 1.29 is 27.5 Å². The van der Waals surface area contributed by atoms with Gasteiger partial charge in [-0.2, -0.15) is 0 Å². The quantitative estimate of drug-likeness (QED) is 0.0615. The highest BCUT2D eigenvalue weighted by Crippen LogP contribution is 2.33. The number of benzene rings is 4. The Morgan fingerprint density at radius 3 is 2.23 bits per heavy atom. The van der Waals surface area contributed by atoms with Crippen molar-refractivity contribution >= 4 is 38.6 Å². The summed E-state index contributed by atoms with van der Waals surface area (Å²) in [6.45, 7) is 9.92. The fourth-order valence-corrected chi connectivity index (χ4v) is 7.35.